The molecule has 0 aliphatic heterocycles. The van der Waals surface area contributed by atoms with E-state index in [2.05, 4.69) is 72.6 Å². The van der Waals surface area contributed by atoms with E-state index >= 15 is 0 Å². The molecule has 0 aliphatic carbocycles. The average Bonchev–Trinajstić information content (AvgIpc) is 3.45. The molecule has 2 aromatic carbocycles. The monoisotopic (exact) mass is 445 g/mol. The number of aliphatic imine (C=N–C) groups is 1. The van der Waals surface area contributed by atoms with Crippen LogP contribution < -0.4 is 10.6 Å². The van der Waals surface area contributed by atoms with Crippen LogP contribution in [0, 0.1) is 6.92 Å². The summed E-state index contributed by atoms with van der Waals surface area (Å²) in [5.41, 5.74) is 4.42. The van der Waals surface area contributed by atoms with Crippen LogP contribution in [-0.2, 0) is 19.4 Å². The molecule has 0 atom stereocenters. The standard InChI is InChI=1S/C25H31N7O/c1-4-23-30-24(33-31-23)20-12-10-19(11-13-20)14-16-28-25(26-3)27-15-7-17-32-18(2)29-21-8-5-6-9-22(21)32/h5-6,8-13H,4,7,14-17H2,1-3H3,(H2,26,27,28). The van der Waals surface area contributed by atoms with Gasteiger partial charge in [0, 0.05) is 38.7 Å². The van der Waals surface area contributed by atoms with E-state index in [-0.39, 0.29) is 0 Å². The zero-order valence-corrected chi connectivity index (χ0v) is 19.5. The molecule has 0 spiro atoms. The molecule has 2 heterocycles. The fourth-order valence-corrected chi connectivity index (χ4v) is 3.80. The zero-order chi connectivity index (χ0) is 23.0. The molecule has 2 N–H and O–H groups in total. The number of aryl methyl sites for hydroxylation is 3. The first-order chi connectivity index (χ1) is 16.2. The van der Waals surface area contributed by atoms with Gasteiger partial charge in [0.25, 0.3) is 5.89 Å². The maximum absolute atomic E-state index is 5.30. The molecule has 2 aromatic heterocycles. The summed E-state index contributed by atoms with van der Waals surface area (Å²) in [7, 11) is 1.80. The molecule has 0 unspecified atom stereocenters. The van der Waals surface area contributed by atoms with Crippen molar-refractivity contribution in [1.82, 2.24) is 30.3 Å². The molecule has 0 saturated carbocycles. The topological polar surface area (TPSA) is 93.2 Å². The lowest BCUT2D eigenvalue weighted by atomic mass is 10.1. The van der Waals surface area contributed by atoms with Crippen LogP contribution in [0.15, 0.2) is 58.0 Å². The lowest BCUT2D eigenvalue weighted by Crippen LogP contribution is -2.39. The first-order valence-electron chi connectivity index (χ1n) is 11.5. The Morgan fingerprint density at radius 1 is 1.03 bits per heavy atom. The highest BCUT2D eigenvalue weighted by molar-refractivity contribution is 5.79. The highest BCUT2D eigenvalue weighted by Gasteiger charge is 2.08. The van der Waals surface area contributed by atoms with Crippen LogP contribution in [0.2, 0.25) is 0 Å². The number of guanidine groups is 1. The Balaban J connectivity index is 1.20. The third kappa shape index (κ3) is 5.58. The quantitative estimate of drug-likeness (QED) is 0.232. The van der Waals surface area contributed by atoms with Crippen molar-refractivity contribution in [3.63, 3.8) is 0 Å². The molecule has 0 saturated heterocycles. The molecule has 8 heteroatoms. The summed E-state index contributed by atoms with van der Waals surface area (Å²) in [5, 5.41) is 10.7. The van der Waals surface area contributed by atoms with Gasteiger partial charge in [-0.2, -0.15) is 4.98 Å². The second-order valence-electron chi connectivity index (χ2n) is 7.89. The molecular weight excluding hydrogens is 414 g/mol. The van der Waals surface area contributed by atoms with Gasteiger partial charge in [0.05, 0.1) is 11.0 Å². The van der Waals surface area contributed by atoms with E-state index in [1.807, 2.05) is 25.1 Å². The van der Waals surface area contributed by atoms with Crippen LogP contribution in [0.25, 0.3) is 22.5 Å². The van der Waals surface area contributed by atoms with Crippen LogP contribution >= 0.6 is 0 Å². The molecule has 172 valence electrons. The number of aromatic nitrogens is 4. The van der Waals surface area contributed by atoms with Gasteiger partial charge in [0.15, 0.2) is 11.8 Å². The number of imidazole rings is 1. The van der Waals surface area contributed by atoms with Crippen molar-refractivity contribution in [3.05, 3.63) is 65.7 Å². The highest BCUT2D eigenvalue weighted by Crippen LogP contribution is 2.18. The number of benzene rings is 2. The minimum Gasteiger partial charge on any atom is -0.356 e. The van der Waals surface area contributed by atoms with Crippen molar-refractivity contribution in [2.75, 3.05) is 20.1 Å². The Labute approximate surface area is 194 Å². The molecule has 0 fully saturated rings. The molecule has 0 radical (unpaired) electrons. The third-order valence-corrected chi connectivity index (χ3v) is 5.61. The fraction of sp³-hybridized carbons (Fsp3) is 0.360. The molecule has 0 amide bonds. The maximum Gasteiger partial charge on any atom is 0.257 e. The minimum absolute atomic E-state index is 0.569. The summed E-state index contributed by atoms with van der Waals surface area (Å²) in [4.78, 5) is 13.3. The van der Waals surface area contributed by atoms with Gasteiger partial charge in [-0.05, 0) is 49.6 Å². The zero-order valence-electron chi connectivity index (χ0n) is 19.5. The van der Waals surface area contributed by atoms with Gasteiger partial charge in [-0.1, -0.05) is 36.3 Å². The first kappa shape index (κ1) is 22.5. The highest BCUT2D eigenvalue weighted by atomic mass is 16.5. The number of rotatable bonds is 9. The van der Waals surface area contributed by atoms with Gasteiger partial charge in [-0.25, -0.2) is 4.98 Å². The van der Waals surface area contributed by atoms with E-state index in [1.165, 1.54) is 11.1 Å². The lowest BCUT2D eigenvalue weighted by molar-refractivity contribution is 0.423. The summed E-state index contributed by atoms with van der Waals surface area (Å²) < 4.78 is 7.58. The van der Waals surface area contributed by atoms with E-state index in [9.17, 15) is 0 Å². The van der Waals surface area contributed by atoms with Crippen molar-refractivity contribution >= 4 is 17.0 Å². The van der Waals surface area contributed by atoms with Gasteiger partial charge in [0.1, 0.15) is 5.82 Å². The van der Waals surface area contributed by atoms with E-state index < -0.39 is 0 Å². The Morgan fingerprint density at radius 3 is 2.58 bits per heavy atom. The second kappa shape index (κ2) is 10.8. The maximum atomic E-state index is 5.30. The summed E-state index contributed by atoms with van der Waals surface area (Å²) >= 11 is 0. The summed E-state index contributed by atoms with van der Waals surface area (Å²) in [5.74, 6) is 3.16. The Hall–Kier alpha value is -3.68. The molecule has 33 heavy (non-hydrogen) atoms. The van der Waals surface area contributed by atoms with E-state index in [4.69, 9.17) is 4.52 Å². The van der Waals surface area contributed by atoms with Crippen LogP contribution in [0.4, 0.5) is 0 Å². The Bertz CT molecular complexity index is 1210. The van der Waals surface area contributed by atoms with Gasteiger partial charge in [0.2, 0.25) is 0 Å². The van der Waals surface area contributed by atoms with Crippen LogP contribution in [0.5, 0.6) is 0 Å². The summed E-state index contributed by atoms with van der Waals surface area (Å²) in [6, 6.07) is 16.5. The number of nitrogens with zero attached hydrogens (tertiary/aromatic N) is 5. The molecule has 0 bridgehead atoms. The lowest BCUT2D eigenvalue weighted by Gasteiger charge is -2.13. The smallest absolute Gasteiger partial charge is 0.257 e. The number of fused-ring (bicyclic) bond motifs is 1. The number of nitrogens with one attached hydrogen (secondary N) is 2. The third-order valence-electron chi connectivity index (χ3n) is 5.61. The number of hydrogen-bond donors (Lipinski definition) is 2. The van der Waals surface area contributed by atoms with Crippen molar-refractivity contribution in [1.29, 1.82) is 0 Å². The first-order valence-corrected chi connectivity index (χ1v) is 11.5. The number of hydrogen-bond acceptors (Lipinski definition) is 5. The normalized spacial score (nSPS) is 11.8. The van der Waals surface area contributed by atoms with Crippen molar-refractivity contribution in [2.45, 2.75) is 39.7 Å². The Kier molecular flexibility index (Phi) is 7.34. The molecule has 0 aliphatic rings. The molecule has 8 nitrogen and oxygen atoms in total. The predicted octanol–water partition coefficient (Wildman–Crippen LogP) is 3.75. The van der Waals surface area contributed by atoms with Gasteiger partial charge >= 0.3 is 0 Å². The SMILES string of the molecule is CCc1noc(-c2ccc(CCNC(=NC)NCCCn3c(C)nc4ccccc43)cc2)n1. The molecule has 4 aromatic rings. The van der Waals surface area contributed by atoms with E-state index in [0.717, 1.165) is 67.6 Å². The second-order valence-corrected chi connectivity index (χ2v) is 7.89. The Morgan fingerprint density at radius 2 is 1.82 bits per heavy atom. The fourth-order valence-electron chi connectivity index (χ4n) is 3.80. The van der Waals surface area contributed by atoms with Crippen LogP contribution in [0.3, 0.4) is 0 Å². The van der Waals surface area contributed by atoms with Crippen molar-refractivity contribution in [3.8, 4) is 11.5 Å². The van der Waals surface area contributed by atoms with Crippen molar-refractivity contribution < 1.29 is 4.52 Å². The van der Waals surface area contributed by atoms with E-state index in [1.54, 1.807) is 7.05 Å². The summed E-state index contributed by atoms with van der Waals surface area (Å²) in [6.45, 7) is 6.62. The van der Waals surface area contributed by atoms with Gasteiger partial charge in [-0.15, -0.1) is 0 Å². The van der Waals surface area contributed by atoms with Crippen molar-refractivity contribution in [2.24, 2.45) is 4.99 Å². The average molecular weight is 446 g/mol. The predicted molar refractivity (Wildman–Crippen MR) is 131 cm³/mol. The largest absolute Gasteiger partial charge is 0.356 e. The molecule has 4 rings (SSSR count). The van der Waals surface area contributed by atoms with E-state index in [0.29, 0.717) is 5.89 Å². The molecular formula is C25H31N7O. The summed E-state index contributed by atoms with van der Waals surface area (Å²) in [6.07, 6.45) is 2.65. The van der Waals surface area contributed by atoms with Crippen LogP contribution in [-0.4, -0.2) is 45.8 Å². The number of para-hydroxylation sites is 2. The van der Waals surface area contributed by atoms with Crippen LogP contribution in [0.1, 0.15) is 30.6 Å². The minimum atomic E-state index is 0.569. The van der Waals surface area contributed by atoms with Gasteiger partial charge in [-0.3, -0.25) is 4.99 Å². The van der Waals surface area contributed by atoms with Gasteiger partial charge < -0.3 is 19.7 Å².